The van der Waals surface area contributed by atoms with Gasteiger partial charge in [0.2, 0.25) is 35.7 Å². The first kappa shape index (κ1) is 103. The largest absolute Gasteiger partial charge is 1.00 e. The maximum absolute atomic E-state index is 12.5. The van der Waals surface area contributed by atoms with Gasteiger partial charge in [0.25, 0.3) is 0 Å². The van der Waals surface area contributed by atoms with Crippen molar-refractivity contribution in [2.45, 2.75) is 17.4 Å². The molecule has 0 radical (unpaired) electrons. The van der Waals surface area contributed by atoms with Crippen LogP contribution in [0.2, 0.25) is 0 Å². The molecule has 0 bridgehead atoms. The Morgan fingerprint density at radius 1 is 0.341 bits per heavy atom. The molecule has 3 N–H and O–H groups in total. The van der Waals surface area contributed by atoms with Crippen molar-refractivity contribution < 1.29 is 383 Å². The molecular weight excluding hydrogens is 1430 g/mol. The molecular formula is C28H37N12Na9O27S9. The molecule has 0 spiro atoms. The van der Waals surface area contributed by atoms with Gasteiger partial charge < -0.3 is 71.6 Å². The van der Waals surface area contributed by atoms with Crippen molar-refractivity contribution in [3.8, 4) is 0 Å². The van der Waals surface area contributed by atoms with Crippen LogP contribution >= 0.6 is 0 Å². The molecule has 57 heteroatoms. The minimum absolute atomic E-state index is 0. The van der Waals surface area contributed by atoms with Crippen LogP contribution in [-0.4, -0.2) is 238 Å². The molecule has 85 heavy (non-hydrogen) atoms. The SMILES string of the molecule is O=S(=O)([O-])CCC(CS(=O)(=O)[O-])Nc1nc(Nc2cc(Nc3nc(N(CCS(=O)(=O)[O-])CCS(=O)(=O)[O-])nc(N(CCS(=O)(=O)[O-])CCS(=O)(=O)[O-])n3)cc(S(=O)(=O)[O-])c2)nc(N(CCS(=O)(=O)[O-])CCS(=O)(=O)[O-])n1.[Na+].[Na+].[Na+].[Na+].[Na+].[Na+].[Na+].[Na+].[Na+]. The van der Waals surface area contributed by atoms with Crippen molar-refractivity contribution in [3.05, 3.63) is 18.2 Å². The molecule has 0 amide bonds. The molecule has 0 saturated carbocycles. The van der Waals surface area contributed by atoms with E-state index in [9.17, 15) is 117 Å². The molecule has 3 aromatic rings. The average Bonchev–Trinajstić information content (AvgIpc) is 3.19. The van der Waals surface area contributed by atoms with Crippen LogP contribution in [0.1, 0.15) is 6.42 Å². The third-order valence-electron chi connectivity index (χ3n) is 8.91. The fourth-order valence-corrected chi connectivity index (χ4v) is 10.2. The summed E-state index contributed by atoms with van der Waals surface area (Å²) in [5.74, 6) is -16.7. The zero-order valence-electron chi connectivity index (χ0n) is 46.6. The number of nitrogens with one attached hydrogen (secondary N) is 3. The zero-order chi connectivity index (χ0) is 58.1. The van der Waals surface area contributed by atoms with Crippen molar-refractivity contribution in [1.82, 2.24) is 29.9 Å². The maximum Gasteiger partial charge on any atom is 1.00 e. The average molecular weight is 1470 g/mol. The summed E-state index contributed by atoms with van der Waals surface area (Å²) in [5, 5.41) is 6.81. The first-order chi connectivity index (χ1) is 34.2. The second-order valence-electron chi connectivity index (χ2n) is 15.1. The molecule has 3 rings (SSSR count). The Bertz CT molecular complexity index is 3470. The molecule has 2 heterocycles. The molecule has 0 fully saturated rings. The van der Waals surface area contributed by atoms with Crippen LogP contribution in [0.3, 0.4) is 0 Å². The molecule has 0 aliphatic rings. The van der Waals surface area contributed by atoms with Crippen molar-refractivity contribution in [2.24, 2.45) is 0 Å². The standard InChI is InChI=1S/C28H46N12O27S9.9Na/c41-68(42,43)8-1-19(18-75(62,63)64)29-23-32-24(34-26(33-23)38(2-9-69(44,45)46)3-10-70(47,48)49)30-20-15-21(17-22(16-20)76(65,66)67)31-25-35-27(39(4-11-71(50,51)52)5-12-72(53,54)55)37-28(36-25)40(6-13-73(56,57)58)7-14-74(59,60)61;;;;;;;;;/h15-17,19H,1-14,18H2,(H,41,42,43)(H,44,45,46)(H,47,48,49)(H,50,51,52)(H,53,54,55)(H,56,57,58)(H,59,60,61)(H,62,63,64)(H,65,66,67)(H,31,35,36,37)(H2,29,30,32,33,34);;;;;;;;;/q;9*+1/p-9. The number of rotatable bonds is 33. The van der Waals surface area contributed by atoms with Crippen molar-refractivity contribution >= 4 is 138 Å². The summed E-state index contributed by atoms with van der Waals surface area (Å²) in [5.41, 5.74) is -1.35. The number of benzene rings is 1. The van der Waals surface area contributed by atoms with Gasteiger partial charge in [-0.15, -0.1) is 0 Å². The predicted octanol–water partition coefficient (Wildman–Crippen LogP) is -34.6. The van der Waals surface area contributed by atoms with Crippen LogP contribution in [0.4, 0.5) is 47.1 Å². The normalized spacial score (nSPS) is 12.2. The Balaban J connectivity index is -0.00000135. The van der Waals surface area contributed by atoms with Crippen LogP contribution in [0.5, 0.6) is 0 Å². The van der Waals surface area contributed by atoms with E-state index in [4.69, 9.17) is 0 Å². The molecule has 0 aliphatic heterocycles. The second kappa shape index (κ2) is 43.5. The summed E-state index contributed by atoms with van der Waals surface area (Å²) in [6.45, 7) is -6.23. The Hall–Kier alpha value is 4.23. The third-order valence-corrected chi connectivity index (χ3v) is 15.4. The smallest absolute Gasteiger partial charge is 0.748 e. The third kappa shape index (κ3) is 47.7. The summed E-state index contributed by atoms with van der Waals surface area (Å²) in [4.78, 5) is 23.6. The van der Waals surface area contributed by atoms with Gasteiger partial charge >= 0.3 is 266 Å². The predicted molar refractivity (Wildman–Crippen MR) is 246 cm³/mol. The molecule has 1 atom stereocenters. The van der Waals surface area contributed by atoms with Gasteiger partial charge in [-0.1, -0.05) is 0 Å². The van der Waals surface area contributed by atoms with Gasteiger partial charge in [0, 0.05) is 62.4 Å². The monoisotopic (exact) mass is 1470 g/mol. The van der Waals surface area contributed by atoms with Gasteiger partial charge in [-0.25, -0.2) is 75.8 Å². The van der Waals surface area contributed by atoms with Crippen molar-refractivity contribution in [2.75, 3.05) is 116 Å². The van der Waals surface area contributed by atoms with E-state index < -0.39 is 241 Å². The Morgan fingerprint density at radius 3 is 0.859 bits per heavy atom. The number of hydrogen-bond donors (Lipinski definition) is 3. The quantitative estimate of drug-likeness (QED) is 0.0376. The van der Waals surface area contributed by atoms with Gasteiger partial charge in [0.1, 0.15) is 10.1 Å². The number of hydrogen-bond acceptors (Lipinski definition) is 39. The molecule has 1 unspecified atom stereocenters. The zero-order valence-corrected chi connectivity index (χ0v) is 72.0. The topological polar surface area (TPSA) is 638 Å². The number of nitrogens with zero attached hydrogens (tertiary/aromatic N) is 9. The molecule has 2 aromatic heterocycles. The van der Waals surface area contributed by atoms with Crippen molar-refractivity contribution in [1.29, 1.82) is 0 Å². The minimum Gasteiger partial charge on any atom is -0.748 e. The molecule has 0 aliphatic carbocycles. The molecule has 434 valence electrons. The Kier molecular flexibility index (Phi) is 52.6. The summed E-state index contributed by atoms with van der Waals surface area (Å²) >= 11 is 0. The first-order valence-electron chi connectivity index (χ1n) is 19.9. The van der Waals surface area contributed by atoms with Gasteiger partial charge in [-0.2, -0.15) is 29.9 Å². The molecule has 39 nitrogen and oxygen atoms in total. The van der Waals surface area contributed by atoms with E-state index in [1.165, 1.54) is 0 Å². The first-order valence-corrected chi connectivity index (χ1v) is 33.9. The van der Waals surface area contributed by atoms with Crippen LogP contribution in [0.25, 0.3) is 0 Å². The van der Waals surface area contributed by atoms with Gasteiger partial charge in [0.05, 0.1) is 126 Å². The molecule has 1 aromatic carbocycles. The van der Waals surface area contributed by atoms with E-state index >= 15 is 0 Å². The number of anilines is 8. The van der Waals surface area contributed by atoms with Gasteiger partial charge in [-0.3, -0.25) is 0 Å². The van der Waals surface area contributed by atoms with Crippen LogP contribution < -0.4 is 297 Å². The van der Waals surface area contributed by atoms with E-state index in [0.717, 1.165) is 6.07 Å². The van der Waals surface area contributed by atoms with E-state index in [2.05, 4.69) is 45.9 Å². The van der Waals surface area contributed by atoms with Crippen LogP contribution in [0, 0.1) is 0 Å². The van der Waals surface area contributed by atoms with Gasteiger partial charge in [-0.05, 0) is 24.6 Å². The van der Waals surface area contributed by atoms with Crippen molar-refractivity contribution in [3.63, 3.8) is 0 Å². The van der Waals surface area contributed by atoms with Crippen LogP contribution in [0.15, 0.2) is 23.1 Å². The maximum atomic E-state index is 12.5. The van der Waals surface area contributed by atoms with Crippen LogP contribution in [-0.2, 0) is 91.1 Å². The summed E-state index contributed by atoms with van der Waals surface area (Å²) in [6.07, 6.45) is -0.969. The molecule has 0 saturated heterocycles. The number of aromatic nitrogens is 6. The fraction of sp³-hybridized carbons (Fsp3) is 0.571. The summed E-state index contributed by atoms with van der Waals surface area (Å²) in [6, 6.07) is -0.0483. The second-order valence-corrected chi connectivity index (χ2v) is 28.6. The Labute approximate surface area is 689 Å². The summed E-state index contributed by atoms with van der Waals surface area (Å²) < 4.78 is 316. The Morgan fingerprint density at radius 2 is 0.600 bits per heavy atom. The summed E-state index contributed by atoms with van der Waals surface area (Å²) in [7, 11) is -47.2. The minimum atomic E-state index is -5.64. The van der Waals surface area contributed by atoms with E-state index in [0.29, 0.717) is 26.8 Å². The van der Waals surface area contributed by atoms with E-state index in [1.807, 2.05) is 0 Å². The van der Waals surface area contributed by atoms with E-state index in [-0.39, 0.29) is 266 Å². The van der Waals surface area contributed by atoms with Gasteiger partial charge in [0.15, 0.2) is 0 Å². The van der Waals surface area contributed by atoms with E-state index in [1.54, 1.807) is 0 Å². The fourth-order valence-electron chi connectivity index (χ4n) is 5.65.